The zero-order valence-corrected chi connectivity index (χ0v) is 21.4. The summed E-state index contributed by atoms with van der Waals surface area (Å²) in [5, 5.41) is 6.42. The highest BCUT2D eigenvalue weighted by molar-refractivity contribution is 5.96. The number of ether oxygens (including phenoxy) is 4. The number of hydrogen-bond acceptors (Lipinski definition) is 8. The summed E-state index contributed by atoms with van der Waals surface area (Å²) in [6, 6.07) is 18.0. The van der Waals surface area contributed by atoms with E-state index in [9.17, 15) is 14.4 Å². The number of nitrogens with one attached hydrogen (secondary N) is 2. The van der Waals surface area contributed by atoms with Crippen LogP contribution in [0.3, 0.4) is 0 Å². The van der Waals surface area contributed by atoms with Gasteiger partial charge in [-0.2, -0.15) is 5.10 Å². The molecule has 0 heterocycles. The molecule has 0 radical (unpaired) electrons. The number of esters is 1. The van der Waals surface area contributed by atoms with Gasteiger partial charge in [0.25, 0.3) is 11.8 Å². The molecule has 0 aliphatic rings. The first-order chi connectivity index (χ1) is 18.4. The number of hydrogen-bond donors (Lipinski definition) is 2. The van der Waals surface area contributed by atoms with Crippen molar-refractivity contribution in [3.05, 3.63) is 83.4 Å². The third-order valence-electron chi connectivity index (χ3n) is 5.03. The van der Waals surface area contributed by atoms with Crippen molar-refractivity contribution in [3.8, 4) is 23.0 Å². The summed E-state index contributed by atoms with van der Waals surface area (Å²) in [5.74, 6) is 0.402. The Labute approximate surface area is 220 Å². The Bertz CT molecular complexity index is 1270. The van der Waals surface area contributed by atoms with Crippen LogP contribution in [0.25, 0.3) is 0 Å². The van der Waals surface area contributed by atoms with Gasteiger partial charge in [-0.15, -0.1) is 0 Å². The third-order valence-corrected chi connectivity index (χ3v) is 5.03. The van der Waals surface area contributed by atoms with Crippen molar-refractivity contribution < 1.29 is 33.3 Å². The monoisotopic (exact) mass is 519 g/mol. The van der Waals surface area contributed by atoms with Gasteiger partial charge in [0.1, 0.15) is 11.5 Å². The van der Waals surface area contributed by atoms with E-state index in [1.165, 1.54) is 13.3 Å². The van der Waals surface area contributed by atoms with Crippen molar-refractivity contribution in [2.45, 2.75) is 13.8 Å². The van der Waals surface area contributed by atoms with E-state index in [1.807, 2.05) is 13.8 Å². The molecule has 0 fully saturated rings. The molecule has 0 atom stereocenters. The van der Waals surface area contributed by atoms with Crippen LogP contribution in [0.5, 0.6) is 23.0 Å². The maximum atomic E-state index is 12.5. The van der Waals surface area contributed by atoms with Gasteiger partial charge < -0.3 is 24.3 Å². The summed E-state index contributed by atoms with van der Waals surface area (Å²) in [7, 11) is 1.44. The molecule has 0 aromatic heterocycles. The lowest BCUT2D eigenvalue weighted by Gasteiger charge is -2.10. The van der Waals surface area contributed by atoms with Crippen LogP contribution in [0.1, 0.15) is 40.1 Å². The highest BCUT2D eigenvalue weighted by atomic mass is 16.6. The molecule has 2 N–H and O–H groups in total. The SMILES string of the molecule is CCOc1ccc(C(=O)NCC(=O)N/N=C\c2ccc(OC(=O)c3ccc(OCC)cc3)c(OC)c2)cc1. The number of hydrazone groups is 1. The fourth-order valence-electron chi connectivity index (χ4n) is 3.21. The molecule has 10 nitrogen and oxygen atoms in total. The molecule has 0 spiro atoms. The van der Waals surface area contributed by atoms with Crippen molar-refractivity contribution in [1.29, 1.82) is 0 Å². The molecule has 0 aliphatic heterocycles. The van der Waals surface area contributed by atoms with Crippen LogP contribution < -0.4 is 29.7 Å². The molecule has 0 saturated carbocycles. The zero-order valence-electron chi connectivity index (χ0n) is 21.4. The van der Waals surface area contributed by atoms with E-state index in [4.69, 9.17) is 18.9 Å². The van der Waals surface area contributed by atoms with Crippen LogP contribution in [0.2, 0.25) is 0 Å². The van der Waals surface area contributed by atoms with Gasteiger partial charge in [-0.1, -0.05) is 0 Å². The summed E-state index contributed by atoms with van der Waals surface area (Å²) < 4.78 is 21.5. The molecule has 3 aromatic carbocycles. The number of nitrogens with zero attached hydrogens (tertiary/aromatic N) is 1. The second kappa shape index (κ2) is 14.0. The lowest BCUT2D eigenvalue weighted by molar-refractivity contribution is -0.120. The number of rotatable bonds is 12. The van der Waals surface area contributed by atoms with Crippen LogP contribution in [0, 0.1) is 0 Å². The normalized spacial score (nSPS) is 10.5. The lowest BCUT2D eigenvalue weighted by Crippen LogP contribution is -2.34. The number of methoxy groups -OCH3 is 1. The molecule has 0 saturated heterocycles. The van der Waals surface area contributed by atoms with E-state index in [2.05, 4.69) is 15.8 Å². The highest BCUT2D eigenvalue weighted by Crippen LogP contribution is 2.28. The summed E-state index contributed by atoms with van der Waals surface area (Å²) in [6.07, 6.45) is 1.40. The molecular formula is C28H29N3O7. The van der Waals surface area contributed by atoms with Gasteiger partial charge >= 0.3 is 5.97 Å². The summed E-state index contributed by atoms with van der Waals surface area (Å²) >= 11 is 0. The van der Waals surface area contributed by atoms with Crippen molar-refractivity contribution in [1.82, 2.24) is 10.7 Å². The van der Waals surface area contributed by atoms with Gasteiger partial charge in [-0.3, -0.25) is 9.59 Å². The lowest BCUT2D eigenvalue weighted by atomic mass is 10.2. The minimum Gasteiger partial charge on any atom is -0.494 e. The van der Waals surface area contributed by atoms with Crippen LogP contribution in [-0.4, -0.2) is 50.9 Å². The molecule has 2 amide bonds. The van der Waals surface area contributed by atoms with Crippen molar-refractivity contribution in [3.63, 3.8) is 0 Å². The Morgan fingerprint density at radius 3 is 2.00 bits per heavy atom. The molecule has 0 unspecified atom stereocenters. The average molecular weight is 520 g/mol. The zero-order chi connectivity index (χ0) is 27.3. The number of amides is 2. The van der Waals surface area contributed by atoms with Crippen LogP contribution in [-0.2, 0) is 4.79 Å². The quantitative estimate of drug-likeness (QED) is 0.162. The maximum Gasteiger partial charge on any atom is 0.343 e. The minimum atomic E-state index is -0.549. The van der Waals surface area contributed by atoms with Crippen LogP contribution in [0.15, 0.2) is 71.8 Å². The van der Waals surface area contributed by atoms with Gasteiger partial charge in [0, 0.05) is 5.56 Å². The second-order valence-corrected chi connectivity index (χ2v) is 7.69. The highest BCUT2D eigenvalue weighted by Gasteiger charge is 2.13. The molecule has 0 aliphatic carbocycles. The predicted octanol–water partition coefficient (Wildman–Crippen LogP) is 3.59. The molecule has 38 heavy (non-hydrogen) atoms. The number of carbonyl (C=O) groups is 3. The fraction of sp³-hybridized carbons (Fsp3) is 0.214. The average Bonchev–Trinajstić information content (AvgIpc) is 2.93. The van der Waals surface area contributed by atoms with Gasteiger partial charge in [0.15, 0.2) is 11.5 Å². The Hall–Kier alpha value is -4.86. The van der Waals surface area contributed by atoms with Crippen molar-refractivity contribution >= 4 is 24.0 Å². The first-order valence-corrected chi connectivity index (χ1v) is 11.9. The Morgan fingerprint density at radius 1 is 0.816 bits per heavy atom. The summed E-state index contributed by atoms with van der Waals surface area (Å²) in [4.78, 5) is 36.7. The Kier molecular flexibility index (Phi) is 10.2. The molecule has 198 valence electrons. The largest absolute Gasteiger partial charge is 0.494 e. The molecule has 3 aromatic rings. The first-order valence-electron chi connectivity index (χ1n) is 11.9. The smallest absolute Gasteiger partial charge is 0.343 e. The summed E-state index contributed by atoms with van der Waals surface area (Å²) in [5.41, 5.74) is 3.69. The van der Waals surface area contributed by atoms with Crippen molar-refractivity contribution in [2.24, 2.45) is 5.10 Å². The first kappa shape index (κ1) is 27.7. The molecule has 10 heteroatoms. The topological polar surface area (TPSA) is 125 Å². The second-order valence-electron chi connectivity index (χ2n) is 7.69. The van der Waals surface area contributed by atoms with E-state index in [0.717, 1.165) is 0 Å². The third kappa shape index (κ3) is 8.09. The molecule has 3 rings (SSSR count). The van der Waals surface area contributed by atoms with Gasteiger partial charge in [0.05, 0.1) is 38.6 Å². The van der Waals surface area contributed by atoms with E-state index in [0.29, 0.717) is 47.2 Å². The van der Waals surface area contributed by atoms with Crippen LogP contribution >= 0.6 is 0 Å². The Balaban J connectivity index is 1.51. The Morgan fingerprint density at radius 2 is 1.42 bits per heavy atom. The number of carbonyl (C=O) groups excluding carboxylic acids is 3. The van der Waals surface area contributed by atoms with Gasteiger partial charge in [-0.25, -0.2) is 10.2 Å². The van der Waals surface area contributed by atoms with E-state index in [-0.39, 0.29) is 12.3 Å². The molecular weight excluding hydrogens is 490 g/mol. The summed E-state index contributed by atoms with van der Waals surface area (Å²) in [6.45, 7) is 4.55. The fourth-order valence-corrected chi connectivity index (χ4v) is 3.21. The van der Waals surface area contributed by atoms with Gasteiger partial charge in [-0.05, 0) is 86.1 Å². The molecule has 0 bridgehead atoms. The van der Waals surface area contributed by atoms with E-state index < -0.39 is 17.8 Å². The van der Waals surface area contributed by atoms with Crippen molar-refractivity contribution in [2.75, 3.05) is 26.9 Å². The van der Waals surface area contributed by atoms with Gasteiger partial charge in [0.2, 0.25) is 0 Å². The van der Waals surface area contributed by atoms with Crippen LogP contribution in [0.4, 0.5) is 0 Å². The number of benzene rings is 3. The standard InChI is InChI=1S/C28H29N3O7/c1-4-36-22-11-7-20(8-12-22)27(33)29-18-26(32)31-30-17-19-6-15-24(25(16-19)35-3)38-28(34)21-9-13-23(14-10-21)37-5-2/h6-17H,4-5,18H2,1-3H3,(H,29,33)(H,31,32)/b30-17-. The van der Waals surface area contributed by atoms with E-state index in [1.54, 1.807) is 66.7 Å². The van der Waals surface area contributed by atoms with E-state index >= 15 is 0 Å². The minimum absolute atomic E-state index is 0.226. The predicted molar refractivity (Wildman–Crippen MR) is 141 cm³/mol. The maximum absolute atomic E-state index is 12.5.